The highest BCUT2D eigenvalue weighted by atomic mass is 127. The lowest BCUT2D eigenvalue weighted by Crippen LogP contribution is -2.17. The molecule has 0 fully saturated rings. The summed E-state index contributed by atoms with van der Waals surface area (Å²) in [5.74, 6) is 0. The number of hydrogen-bond acceptors (Lipinski definition) is 2. The standard InChI is InChI=1S/C13H12BrClINS/c1-7-5-11(18-13(7)15)12(17-2)9-6-8(16)3-4-10(9)14/h3-6,12,17H,1-2H3. The minimum absolute atomic E-state index is 0.172. The molecular formula is C13H12BrClINS. The molecule has 18 heavy (non-hydrogen) atoms. The molecule has 0 saturated carbocycles. The van der Waals surface area contributed by atoms with Crippen molar-refractivity contribution in [2.75, 3.05) is 7.05 Å². The van der Waals surface area contributed by atoms with Gasteiger partial charge < -0.3 is 5.32 Å². The third-order valence-electron chi connectivity index (χ3n) is 2.72. The zero-order valence-electron chi connectivity index (χ0n) is 9.93. The quantitative estimate of drug-likeness (QED) is 0.611. The monoisotopic (exact) mass is 455 g/mol. The molecular weight excluding hydrogens is 444 g/mol. The van der Waals surface area contributed by atoms with Crippen LogP contribution in [0.15, 0.2) is 28.7 Å². The molecule has 1 aromatic heterocycles. The van der Waals surface area contributed by atoms with E-state index in [1.165, 1.54) is 14.0 Å². The third-order valence-corrected chi connectivity index (χ3v) is 5.73. The van der Waals surface area contributed by atoms with Crippen molar-refractivity contribution >= 4 is 61.5 Å². The van der Waals surface area contributed by atoms with Gasteiger partial charge in [0, 0.05) is 12.9 Å². The molecule has 0 aliphatic heterocycles. The molecule has 0 aliphatic rings. The molecule has 1 heterocycles. The van der Waals surface area contributed by atoms with Gasteiger partial charge in [0.05, 0.1) is 10.4 Å². The van der Waals surface area contributed by atoms with Crippen LogP contribution in [-0.4, -0.2) is 7.05 Å². The SMILES string of the molecule is CNC(c1cc(C)c(Cl)s1)c1cc(I)ccc1Br. The van der Waals surface area contributed by atoms with Crippen LogP contribution in [-0.2, 0) is 0 Å². The van der Waals surface area contributed by atoms with Crippen molar-refractivity contribution in [3.63, 3.8) is 0 Å². The van der Waals surface area contributed by atoms with Crippen molar-refractivity contribution in [3.05, 3.63) is 52.6 Å². The van der Waals surface area contributed by atoms with Gasteiger partial charge in [0.1, 0.15) is 0 Å². The Kier molecular flexibility index (Phi) is 5.11. The van der Waals surface area contributed by atoms with Gasteiger partial charge in [0.15, 0.2) is 0 Å². The van der Waals surface area contributed by atoms with Gasteiger partial charge in [-0.2, -0.15) is 0 Å². The van der Waals surface area contributed by atoms with Crippen LogP contribution in [0.2, 0.25) is 4.34 Å². The van der Waals surface area contributed by atoms with Gasteiger partial charge in [-0.1, -0.05) is 27.5 Å². The Morgan fingerprint density at radius 2 is 2.11 bits per heavy atom. The van der Waals surface area contributed by atoms with Crippen LogP contribution >= 0.6 is 61.5 Å². The molecule has 1 unspecified atom stereocenters. The van der Waals surface area contributed by atoms with E-state index in [-0.39, 0.29) is 6.04 Å². The van der Waals surface area contributed by atoms with Crippen molar-refractivity contribution < 1.29 is 0 Å². The van der Waals surface area contributed by atoms with E-state index in [1.54, 1.807) is 11.3 Å². The van der Waals surface area contributed by atoms with E-state index >= 15 is 0 Å². The van der Waals surface area contributed by atoms with E-state index in [1.807, 2.05) is 14.0 Å². The maximum absolute atomic E-state index is 6.17. The summed E-state index contributed by atoms with van der Waals surface area (Å²) in [7, 11) is 1.97. The van der Waals surface area contributed by atoms with Crippen molar-refractivity contribution in [1.82, 2.24) is 5.32 Å². The number of benzene rings is 1. The Labute approximate surface area is 138 Å². The average Bonchev–Trinajstić information content (AvgIpc) is 2.65. The van der Waals surface area contributed by atoms with Crippen LogP contribution in [0.5, 0.6) is 0 Å². The lowest BCUT2D eigenvalue weighted by atomic mass is 10.1. The minimum atomic E-state index is 0.172. The molecule has 96 valence electrons. The number of aryl methyl sites for hydroxylation is 1. The summed E-state index contributed by atoms with van der Waals surface area (Å²) in [4.78, 5) is 1.24. The molecule has 2 aromatic rings. The van der Waals surface area contributed by atoms with Crippen molar-refractivity contribution in [1.29, 1.82) is 0 Å². The lowest BCUT2D eigenvalue weighted by molar-refractivity contribution is 0.700. The molecule has 1 atom stereocenters. The van der Waals surface area contributed by atoms with Crippen LogP contribution < -0.4 is 5.32 Å². The number of thiophene rings is 1. The molecule has 0 bridgehead atoms. The van der Waals surface area contributed by atoms with Gasteiger partial charge >= 0.3 is 0 Å². The van der Waals surface area contributed by atoms with Crippen LogP contribution in [0, 0.1) is 10.5 Å². The maximum Gasteiger partial charge on any atom is 0.0961 e. The molecule has 0 spiro atoms. The minimum Gasteiger partial charge on any atom is -0.309 e. The normalized spacial score (nSPS) is 12.7. The highest BCUT2D eigenvalue weighted by molar-refractivity contribution is 14.1. The number of rotatable bonds is 3. The molecule has 1 nitrogen and oxygen atoms in total. The fraction of sp³-hybridized carbons (Fsp3) is 0.231. The zero-order valence-corrected chi connectivity index (χ0v) is 15.2. The maximum atomic E-state index is 6.17. The molecule has 1 N–H and O–H groups in total. The summed E-state index contributed by atoms with van der Waals surface area (Å²) in [5, 5.41) is 3.36. The van der Waals surface area contributed by atoms with E-state index < -0.39 is 0 Å². The first-order valence-corrected chi connectivity index (χ1v) is 8.47. The second-order valence-corrected chi connectivity index (χ2v) is 7.78. The van der Waals surface area contributed by atoms with E-state index in [2.05, 4.69) is 68.1 Å². The summed E-state index contributed by atoms with van der Waals surface area (Å²) in [6.07, 6.45) is 0. The van der Waals surface area contributed by atoms with E-state index in [4.69, 9.17) is 11.6 Å². The third kappa shape index (κ3) is 3.10. The van der Waals surface area contributed by atoms with Crippen LogP contribution in [0.3, 0.4) is 0 Å². The fourth-order valence-electron chi connectivity index (χ4n) is 1.81. The summed E-state index contributed by atoms with van der Waals surface area (Å²) in [6.45, 7) is 2.04. The number of nitrogens with one attached hydrogen (secondary N) is 1. The molecule has 1 aromatic carbocycles. The fourth-order valence-corrected chi connectivity index (χ4v) is 4.15. The first kappa shape index (κ1) is 14.8. The second-order valence-electron chi connectivity index (χ2n) is 3.99. The van der Waals surface area contributed by atoms with Gasteiger partial charge in [-0.25, -0.2) is 0 Å². The number of halogens is 3. The molecule has 0 amide bonds. The molecule has 5 heteroatoms. The summed E-state index contributed by atoms with van der Waals surface area (Å²) in [6, 6.07) is 8.69. The topological polar surface area (TPSA) is 12.0 Å². The first-order chi connectivity index (χ1) is 8.52. The van der Waals surface area contributed by atoms with Gasteiger partial charge in [-0.05, 0) is 72.0 Å². The van der Waals surface area contributed by atoms with Crippen LogP contribution in [0.1, 0.15) is 22.0 Å². The Morgan fingerprint density at radius 3 is 2.67 bits per heavy atom. The van der Waals surface area contributed by atoms with E-state index in [0.29, 0.717) is 0 Å². The number of hydrogen-bond donors (Lipinski definition) is 1. The first-order valence-electron chi connectivity index (χ1n) is 5.41. The predicted octanol–water partition coefficient (Wildman–Crippen LogP) is 5.39. The summed E-state index contributed by atoms with van der Waals surface area (Å²) < 4.78 is 3.21. The van der Waals surface area contributed by atoms with Crippen molar-refractivity contribution in [2.45, 2.75) is 13.0 Å². The average molecular weight is 457 g/mol. The highest BCUT2D eigenvalue weighted by Gasteiger charge is 2.18. The Hall–Kier alpha value is 0.380. The van der Waals surface area contributed by atoms with Gasteiger partial charge in [-0.15, -0.1) is 11.3 Å². The van der Waals surface area contributed by atoms with Gasteiger partial charge in [-0.3, -0.25) is 0 Å². The van der Waals surface area contributed by atoms with Gasteiger partial charge in [0.2, 0.25) is 0 Å². The largest absolute Gasteiger partial charge is 0.309 e. The van der Waals surface area contributed by atoms with Crippen molar-refractivity contribution in [2.24, 2.45) is 0 Å². The Balaban J connectivity index is 2.48. The molecule has 0 radical (unpaired) electrons. The second kappa shape index (κ2) is 6.22. The summed E-state index contributed by atoms with van der Waals surface area (Å²) >= 11 is 13.8. The predicted molar refractivity (Wildman–Crippen MR) is 91.8 cm³/mol. The molecule has 0 saturated heterocycles. The molecule has 0 aliphatic carbocycles. The molecule has 2 rings (SSSR count). The smallest absolute Gasteiger partial charge is 0.0961 e. The Bertz CT molecular complexity index is 551. The zero-order chi connectivity index (χ0) is 13.3. The van der Waals surface area contributed by atoms with Crippen molar-refractivity contribution in [3.8, 4) is 0 Å². The van der Waals surface area contributed by atoms with E-state index in [0.717, 1.165) is 14.4 Å². The Morgan fingerprint density at radius 1 is 1.39 bits per heavy atom. The summed E-state index contributed by atoms with van der Waals surface area (Å²) in [5.41, 5.74) is 2.38. The van der Waals surface area contributed by atoms with Gasteiger partial charge in [0.25, 0.3) is 0 Å². The highest BCUT2D eigenvalue weighted by Crippen LogP contribution is 2.36. The van der Waals surface area contributed by atoms with Crippen LogP contribution in [0.25, 0.3) is 0 Å². The van der Waals surface area contributed by atoms with Crippen LogP contribution in [0.4, 0.5) is 0 Å². The lowest BCUT2D eigenvalue weighted by Gasteiger charge is -2.17. The van der Waals surface area contributed by atoms with E-state index in [9.17, 15) is 0 Å².